The summed E-state index contributed by atoms with van der Waals surface area (Å²) in [6, 6.07) is 0. The number of carbonyl (C=O) groups is 3. The van der Waals surface area contributed by atoms with Crippen LogP contribution in [0.25, 0.3) is 0 Å². The van der Waals surface area contributed by atoms with Crippen LogP contribution in [0.2, 0.25) is 0 Å². The Morgan fingerprint density at radius 1 is 0.328 bits per heavy atom. The lowest BCUT2D eigenvalue weighted by molar-refractivity contribution is -0.167. The third kappa shape index (κ3) is 45.5. The molecule has 0 aliphatic rings. The third-order valence-corrected chi connectivity index (χ3v) is 11.8. The summed E-state index contributed by atoms with van der Waals surface area (Å²) in [7, 11) is 0. The maximum atomic E-state index is 12.7. The second kappa shape index (κ2) is 46.5. The number of rotatable bonds is 47. The first-order valence-electron chi connectivity index (χ1n) is 25.9. The monoisotopic (exact) mass is 821 g/mol. The molecule has 0 saturated heterocycles. The van der Waals surface area contributed by atoms with E-state index in [0.29, 0.717) is 19.3 Å². The van der Waals surface area contributed by atoms with E-state index in [0.717, 1.165) is 70.1 Å². The summed E-state index contributed by atoms with van der Waals surface area (Å²) in [5.41, 5.74) is 0. The Bertz CT molecular complexity index is 872. The highest BCUT2D eigenvalue weighted by molar-refractivity contribution is 5.71. The molecule has 58 heavy (non-hydrogen) atoms. The summed E-state index contributed by atoms with van der Waals surface area (Å²) in [5, 5.41) is 0. The van der Waals surface area contributed by atoms with Crippen LogP contribution in [-0.4, -0.2) is 37.2 Å². The molecule has 0 unspecified atom stereocenters. The zero-order valence-corrected chi connectivity index (χ0v) is 39.5. The summed E-state index contributed by atoms with van der Waals surface area (Å²) in [6.45, 7) is 8.96. The molecule has 1 atom stereocenters. The van der Waals surface area contributed by atoms with Gasteiger partial charge >= 0.3 is 17.9 Å². The van der Waals surface area contributed by atoms with Gasteiger partial charge in [0.25, 0.3) is 0 Å². The van der Waals surface area contributed by atoms with Crippen LogP contribution >= 0.6 is 0 Å². The van der Waals surface area contributed by atoms with Crippen molar-refractivity contribution < 1.29 is 28.6 Å². The minimum atomic E-state index is -0.759. The van der Waals surface area contributed by atoms with E-state index in [9.17, 15) is 14.4 Å². The maximum Gasteiger partial charge on any atom is 0.306 e. The van der Waals surface area contributed by atoms with Gasteiger partial charge in [0.2, 0.25) is 0 Å². The van der Waals surface area contributed by atoms with E-state index >= 15 is 0 Å². The van der Waals surface area contributed by atoms with E-state index in [4.69, 9.17) is 14.2 Å². The fourth-order valence-corrected chi connectivity index (χ4v) is 7.86. The predicted molar refractivity (Wildman–Crippen MR) is 247 cm³/mol. The molecule has 0 saturated carbocycles. The minimum absolute atomic E-state index is 0.0639. The molecule has 0 fully saturated rings. The van der Waals surface area contributed by atoms with E-state index in [2.05, 4.69) is 27.7 Å². The topological polar surface area (TPSA) is 78.9 Å². The van der Waals surface area contributed by atoms with Crippen molar-refractivity contribution in [3.05, 3.63) is 0 Å². The van der Waals surface area contributed by atoms with E-state index in [1.807, 2.05) is 0 Å². The van der Waals surface area contributed by atoms with Gasteiger partial charge in [-0.15, -0.1) is 0 Å². The fraction of sp³-hybridized carbons (Fsp3) is 0.942. The molecule has 0 N–H and O–H groups in total. The van der Waals surface area contributed by atoms with Crippen molar-refractivity contribution in [1.82, 2.24) is 0 Å². The Hall–Kier alpha value is -1.59. The number of carbonyl (C=O) groups excluding carboxylic acids is 3. The van der Waals surface area contributed by atoms with Crippen molar-refractivity contribution in [3.63, 3.8) is 0 Å². The zero-order valence-electron chi connectivity index (χ0n) is 39.5. The van der Waals surface area contributed by atoms with E-state index < -0.39 is 6.10 Å². The van der Waals surface area contributed by atoms with Gasteiger partial charge < -0.3 is 14.2 Å². The maximum absolute atomic E-state index is 12.7. The van der Waals surface area contributed by atoms with Crippen LogP contribution in [0.4, 0.5) is 0 Å². The highest BCUT2D eigenvalue weighted by atomic mass is 16.6. The lowest BCUT2D eigenvalue weighted by Crippen LogP contribution is -2.30. The van der Waals surface area contributed by atoms with Crippen molar-refractivity contribution >= 4 is 17.9 Å². The second-order valence-electron chi connectivity index (χ2n) is 18.3. The molecular formula is C52H100O6. The standard InChI is InChI=1S/C52H100O6/c1-5-7-9-11-12-13-14-15-16-17-18-19-24-27-30-33-37-41-45-52(55)58-49(46-56-50(53)43-39-34-10-8-6-2)47-57-51(54)44-40-36-32-29-26-23-21-20-22-25-28-31-35-38-42-48(3)4/h48-49H,5-47H2,1-4H3/t49-/m1/s1. The Balaban J connectivity index is 4.10. The van der Waals surface area contributed by atoms with Gasteiger partial charge in [-0.05, 0) is 25.2 Å². The van der Waals surface area contributed by atoms with Gasteiger partial charge in [-0.25, -0.2) is 0 Å². The summed E-state index contributed by atoms with van der Waals surface area (Å²) >= 11 is 0. The molecule has 0 radical (unpaired) electrons. The molecule has 0 aliphatic carbocycles. The van der Waals surface area contributed by atoms with Crippen LogP contribution in [-0.2, 0) is 28.6 Å². The zero-order chi connectivity index (χ0) is 42.4. The van der Waals surface area contributed by atoms with E-state index in [-0.39, 0.29) is 31.1 Å². The van der Waals surface area contributed by atoms with Crippen molar-refractivity contribution in [3.8, 4) is 0 Å². The van der Waals surface area contributed by atoms with Crippen molar-refractivity contribution in [2.45, 2.75) is 297 Å². The van der Waals surface area contributed by atoms with Crippen LogP contribution in [0.1, 0.15) is 291 Å². The second-order valence-corrected chi connectivity index (χ2v) is 18.3. The van der Waals surface area contributed by atoms with Crippen LogP contribution in [0.15, 0.2) is 0 Å². The van der Waals surface area contributed by atoms with Gasteiger partial charge in [0.15, 0.2) is 6.10 Å². The lowest BCUT2D eigenvalue weighted by Gasteiger charge is -2.18. The lowest BCUT2D eigenvalue weighted by atomic mass is 10.0. The molecule has 6 heteroatoms. The average molecular weight is 821 g/mol. The van der Waals surface area contributed by atoms with Gasteiger partial charge in [0.05, 0.1) is 0 Å². The summed E-state index contributed by atoms with van der Waals surface area (Å²) in [5.74, 6) is -0.0143. The molecule has 0 rings (SSSR count). The van der Waals surface area contributed by atoms with Crippen molar-refractivity contribution in [1.29, 1.82) is 0 Å². The Morgan fingerprint density at radius 2 is 0.569 bits per heavy atom. The van der Waals surface area contributed by atoms with Crippen LogP contribution < -0.4 is 0 Å². The minimum Gasteiger partial charge on any atom is -0.462 e. The molecule has 0 aromatic carbocycles. The third-order valence-electron chi connectivity index (χ3n) is 11.8. The summed E-state index contributed by atoms with van der Waals surface area (Å²) < 4.78 is 16.7. The molecule has 0 spiro atoms. The molecule has 0 heterocycles. The average Bonchev–Trinajstić information content (AvgIpc) is 3.21. The molecule has 0 bridgehead atoms. The molecule has 0 aromatic rings. The molecule has 0 amide bonds. The first-order chi connectivity index (χ1) is 28.4. The SMILES string of the molecule is CCCCCCCCCCCCCCCCCCCCC(=O)O[C@H](COC(=O)CCCCCCC)COC(=O)CCCCCCCCCCCCCCCCC(C)C. The molecular weight excluding hydrogens is 721 g/mol. The number of unbranched alkanes of at least 4 members (excludes halogenated alkanes) is 34. The first-order valence-corrected chi connectivity index (χ1v) is 25.9. The van der Waals surface area contributed by atoms with Crippen molar-refractivity contribution in [2.24, 2.45) is 5.92 Å². The van der Waals surface area contributed by atoms with E-state index in [1.165, 1.54) is 180 Å². The Labute approximate surface area is 361 Å². The van der Waals surface area contributed by atoms with Crippen molar-refractivity contribution in [2.75, 3.05) is 13.2 Å². The number of ether oxygens (including phenoxy) is 3. The van der Waals surface area contributed by atoms with Gasteiger partial charge in [-0.2, -0.15) is 0 Å². The smallest absolute Gasteiger partial charge is 0.306 e. The highest BCUT2D eigenvalue weighted by Crippen LogP contribution is 2.17. The number of hydrogen-bond acceptors (Lipinski definition) is 6. The molecule has 6 nitrogen and oxygen atoms in total. The molecule has 0 aromatic heterocycles. The molecule has 344 valence electrons. The van der Waals surface area contributed by atoms with Gasteiger partial charge in [-0.3, -0.25) is 14.4 Å². The normalized spacial score (nSPS) is 11.9. The Morgan fingerprint density at radius 3 is 0.845 bits per heavy atom. The summed E-state index contributed by atoms with van der Waals surface area (Å²) in [4.78, 5) is 37.6. The largest absolute Gasteiger partial charge is 0.462 e. The summed E-state index contributed by atoms with van der Waals surface area (Å²) in [6.07, 6.45) is 48.4. The van der Waals surface area contributed by atoms with Crippen LogP contribution in [0.5, 0.6) is 0 Å². The number of hydrogen-bond donors (Lipinski definition) is 0. The van der Waals surface area contributed by atoms with E-state index in [1.54, 1.807) is 0 Å². The first kappa shape index (κ1) is 56.4. The fourth-order valence-electron chi connectivity index (χ4n) is 7.86. The predicted octanol–water partition coefficient (Wildman–Crippen LogP) is 16.7. The molecule has 0 aliphatic heterocycles. The quantitative estimate of drug-likeness (QED) is 0.0346. The van der Waals surface area contributed by atoms with Crippen LogP contribution in [0, 0.1) is 5.92 Å². The van der Waals surface area contributed by atoms with Gasteiger partial charge in [0.1, 0.15) is 13.2 Å². The van der Waals surface area contributed by atoms with Gasteiger partial charge in [0, 0.05) is 19.3 Å². The number of esters is 3. The van der Waals surface area contributed by atoms with Crippen LogP contribution in [0.3, 0.4) is 0 Å². The Kier molecular flexibility index (Phi) is 45.2. The van der Waals surface area contributed by atoms with Gasteiger partial charge in [-0.1, -0.05) is 252 Å². The highest BCUT2D eigenvalue weighted by Gasteiger charge is 2.19.